The average Bonchev–Trinajstić information content (AvgIpc) is 2.49. The largest absolute Gasteiger partial charge is 0.385 e. The topological polar surface area (TPSA) is 24.1 Å². The molecule has 2 aromatic carbocycles. The molecule has 3 rings (SSSR count). The van der Waals surface area contributed by atoms with Gasteiger partial charge < -0.3 is 10.6 Å². The van der Waals surface area contributed by atoms with Gasteiger partial charge in [0.25, 0.3) is 0 Å². The van der Waals surface area contributed by atoms with E-state index in [1.54, 1.807) is 0 Å². The molecular formula is C18H22N2. The van der Waals surface area contributed by atoms with Gasteiger partial charge in [-0.25, -0.2) is 0 Å². The standard InChI is InChI=1S/C18H22N2/c1-14-6-2-3-7-16(14)12-19-13-17-9-4-8-15-10-5-11-20-18(15)17/h2-4,6-9,19-20H,5,10-13H2,1H3. The molecule has 104 valence electrons. The Labute approximate surface area is 121 Å². The van der Waals surface area contributed by atoms with Gasteiger partial charge in [0.2, 0.25) is 0 Å². The number of aryl methyl sites for hydroxylation is 2. The summed E-state index contributed by atoms with van der Waals surface area (Å²) in [4.78, 5) is 0. The third-order valence-corrected chi connectivity index (χ3v) is 4.05. The Morgan fingerprint density at radius 3 is 2.70 bits per heavy atom. The van der Waals surface area contributed by atoms with Gasteiger partial charge in [0, 0.05) is 25.3 Å². The van der Waals surface area contributed by atoms with Crippen LogP contribution in [-0.2, 0) is 19.5 Å². The predicted molar refractivity (Wildman–Crippen MR) is 85.0 cm³/mol. The van der Waals surface area contributed by atoms with E-state index < -0.39 is 0 Å². The molecule has 2 heteroatoms. The van der Waals surface area contributed by atoms with E-state index in [-0.39, 0.29) is 0 Å². The van der Waals surface area contributed by atoms with Gasteiger partial charge in [0.05, 0.1) is 0 Å². The number of benzene rings is 2. The summed E-state index contributed by atoms with van der Waals surface area (Å²) in [5, 5.41) is 7.12. The molecular weight excluding hydrogens is 244 g/mol. The highest BCUT2D eigenvalue weighted by Gasteiger charge is 2.11. The minimum Gasteiger partial charge on any atom is -0.385 e. The third kappa shape index (κ3) is 2.86. The highest BCUT2D eigenvalue weighted by molar-refractivity contribution is 5.59. The fourth-order valence-electron chi connectivity index (χ4n) is 2.87. The van der Waals surface area contributed by atoms with Gasteiger partial charge in [-0.1, -0.05) is 42.5 Å². The van der Waals surface area contributed by atoms with E-state index in [0.29, 0.717) is 0 Å². The molecule has 20 heavy (non-hydrogen) atoms. The zero-order chi connectivity index (χ0) is 13.8. The Kier molecular flexibility index (Phi) is 4.03. The lowest BCUT2D eigenvalue weighted by Crippen LogP contribution is -2.18. The molecule has 0 aromatic heterocycles. The first-order valence-corrected chi connectivity index (χ1v) is 7.44. The zero-order valence-electron chi connectivity index (χ0n) is 12.1. The molecule has 2 N–H and O–H groups in total. The Hall–Kier alpha value is -1.80. The number of anilines is 1. The van der Waals surface area contributed by atoms with Crippen LogP contribution in [0.3, 0.4) is 0 Å². The van der Waals surface area contributed by atoms with Crippen LogP contribution in [0.4, 0.5) is 5.69 Å². The normalized spacial score (nSPS) is 13.7. The van der Waals surface area contributed by atoms with Gasteiger partial charge in [-0.2, -0.15) is 0 Å². The van der Waals surface area contributed by atoms with Crippen LogP contribution in [0.5, 0.6) is 0 Å². The van der Waals surface area contributed by atoms with E-state index in [1.807, 2.05) is 0 Å². The molecule has 1 heterocycles. The summed E-state index contributed by atoms with van der Waals surface area (Å²) < 4.78 is 0. The van der Waals surface area contributed by atoms with Gasteiger partial charge in [0.15, 0.2) is 0 Å². The fraction of sp³-hybridized carbons (Fsp3) is 0.333. The smallest absolute Gasteiger partial charge is 0.0418 e. The van der Waals surface area contributed by atoms with Crippen molar-refractivity contribution in [3.05, 3.63) is 64.7 Å². The number of hydrogen-bond donors (Lipinski definition) is 2. The Morgan fingerprint density at radius 1 is 1.00 bits per heavy atom. The predicted octanol–water partition coefficient (Wildman–Crippen LogP) is 3.64. The molecule has 0 saturated heterocycles. The van der Waals surface area contributed by atoms with Crippen molar-refractivity contribution < 1.29 is 0 Å². The van der Waals surface area contributed by atoms with Crippen LogP contribution in [0.15, 0.2) is 42.5 Å². The zero-order valence-corrected chi connectivity index (χ0v) is 12.1. The summed E-state index contributed by atoms with van der Waals surface area (Å²) in [5.74, 6) is 0. The molecule has 0 bridgehead atoms. The second-order valence-corrected chi connectivity index (χ2v) is 5.51. The molecule has 0 unspecified atom stereocenters. The van der Waals surface area contributed by atoms with E-state index in [9.17, 15) is 0 Å². The van der Waals surface area contributed by atoms with Gasteiger partial charge >= 0.3 is 0 Å². The summed E-state index contributed by atoms with van der Waals surface area (Å²) >= 11 is 0. The second-order valence-electron chi connectivity index (χ2n) is 5.51. The monoisotopic (exact) mass is 266 g/mol. The second kappa shape index (κ2) is 6.10. The summed E-state index contributed by atoms with van der Waals surface area (Å²) in [7, 11) is 0. The third-order valence-electron chi connectivity index (χ3n) is 4.05. The van der Waals surface area contributed by atoms with E-state index in [0.717, 1.165) is 19.6 Å². The minimum absolute atomic E-state index is 0.921. The van der Waals surface area contributed by atoms with Gasteiger partial charge in [0.1, 0.15) is 0 Å². The SMILES string of the molecule is Cc1ccccc1CNCc1cccc2c1NCCC2. The fourth-order valence-corrected chi connectivity index (χ4v) is 2.87. The van der Waals surface area contributed by atoms with Crippen LogP contribution in [-0.4, -0.2) is 6.54 Å². The van der Waals surface area contributed by atoms with Gasteiger partial charge in [-0.05, 0) is 42.0 Å². The number of hydrogen-bond acceptors (Lipinski definition) is 2. The lowest BCUT2D eigenvalue weighted by molar-refractivity contribution is 0.688. The van der Waals surface area contributed by atoms with Crippen molar-refractivity contribution in [2.24, 2.45) is 0 Å². The van der Waals surface area contributed by atoms with Crippen LogP contribution in [0, 0.1) is 6.92 Å². The molecule has 0 spiro atoms. The summed E-state index contributed by atoms with van der Waals surface area (Å²) in [6, 6.07) is 15.2. The molecule has 0 fully saturated rings. The molecule has 0 atom stereocenters. The first kappa shape index (κ1) is 13.2. The summed E-state index contributed by atoms with van der Waals surface area (Å²) in [6.07, 6.45) is 2.45. The van der Waals surface area contributed by atoms with Crippen LogP contribution in [0.1, 0.15) is 28.7 Å². The molecule has 1 aliphatic heterocycles. The maximum absolute atomic E-state index is 3.57. The van der Waals surface area contributed by atoms with Crippen molar-refractivity contribution in [1.29, 1.82) is 0 Å². The van der Waals surface area contributed by atoms with E-state index in [1.165, 1.54) is 40.8 Å². The van der Waals surface area contributed by atoms with Crippen LogP contribution >= 0.6 is 0 Å². The maximum Gasteiger partial charge on any atom is 0.0418 e. The average molecular weight is 266 g/mol. The van der Waals surface area contributed by atoms with Crippen molar-refractivity contribution in [2.45, 2.75) is 32.9 Å². The Morgan fingerprint density at radius 2 is 1.80 bits per heavy atom. The molecule has 0 amide bonds. The minimum atomic E-state index is 0.921. The van der Waals surface area contributed by atoms with Gasteiger partial charge in [-0.3, -0.25) is 0 Å². The maximum atomic E-state index is 3.57. The van der Waals surface area contributed by atoms with Crippen molar-refractivity contribution >= 4 is 5.69 Å². The summed E-state index contributed by atoms with van der Waals surface area (Å²) in [6.45, 7) is 5.12. The van der Waals surface area contributed by atoms with Crippen molar-refractivity contribution in [1.82, 2.24) is 5.32 Å². The van der Waals surface area contributed by atoms with Crippen LogP contribution < -0.4 is 10.6 Å². The molecule has 0 radical (unpaired) electrons. The Balaban J connectivity index is 1.66. The van der Waals surface area contributed by atoms with E-state index in [4.69, 9.17) is 0 Å². The molecule has 2 aromatic rings. The lowest BCUT2D eigenvalue weighted by atomic mass is 9.99. The quantitative estimate of drug-likeness (QED) is 0.883. The lowest BCUT2D eigenvalue weighted by Gasteiger charge is -2.21. The van der Waals surface area contributed by atoms with E-state index >= 15 is 0 Å². The number of para-hydroxylation sites is 1. The van der Waals surface area contributed by atoms with Crippen LogP contribution in [0.2, 0.25) is 0 Å². The molecule has 0 aliphatic carbocycles. The van der Waals surface area contributed by atoms with Gasteiger partial charge in [-0.15, -0.1) is 0 Å². The first-order valence-electron chi connectivity index (χ1n) is 7.44. The molecule has 0 saturated carbocycles. The highest BCUT2D eigenvalue weighted by Crippen LogP contribution is 2.25. The van der Waals surface area contributed by atoms with Crippen LogP contribution in [0.25, 0.3) is 0 Å². The number of rotatable bonds is 4. The summed E-state index contributed by atoms with van der Waals surface area (Å²) in [5.41, 5.74) is 6.94. The van der Waals surface area contributed by atoms with E-state index in [2.05, 4.69) is 60.0 Å². The molecule has 1 aliphatic rings. The Bertz CT molecular complexity index is 590. The first-order chi connectivity index (χ1) is 9.84. The van der Waals surface area contributed by atoms with Crippen molar-refractivity contribution in [3.63, 3.8) is 0 Å². The highest BCUT2D eigenvalue weighted by atomic mass is 14.9. The number of fused-ring (bicyclic) bond motifs is 1. The van der Waals surface area contributed by atoms with Crippen molar-refractivity contribution in [2.75, 3.05) is 11.9 Å². The number of nitrogens with one attached hydrogen (secondary N) is 2. The molecule has 2 nitrogen and oxygen atoms in total. The van der Waals surface area contributed by atoms with Crippen molar-refractivity contribution in [3.8, 4) is 0 Å².